The maximum atomic E-state index is 11.2. The van der Waals surface area contributed by atoms with Crippen LogP contribution in [0.25, 0.3) is 0 Å². The van der Waals surface area contributed by atoms with Crippen molar-refractivity contribution in [3.8, 4) is 0 Å². The fraction of sp³-hybridized carbons (Fsp3) is 0.889. The van der Waals surface area contributed by atoms with Crippen molar-refractivity contribution in [1.29, 1.82) is 0 Å². The summed E-state index contributed by atoms with van der Waals surface area (Å²) < 4.78 is 5.25. The molecular weight excluding hydrogens is 236 g/mol. The van der Waals surface area contributed by atoms with Gasteiger partial charge >= 0.3 is 5.97 Å². The summed E-state index contributed by atoms with van der Waals surface area (Å²) in [5, 5.41) is 9.46. The van der Waals surface area contributed by atoms with Gasteiger partial charge in [-0.25, -0.2) is 0 Å². The standard InChI is InChI=1S/C9H13BrO3/c1-4(10)9(12)13-8-3-7(11)5-2-6(5)8/h4-8,11H,2-3H2,1H3/t4-,5?,6?,7+,8-/m1/s1. The predicted octanol–water partition coefficient (Wildman–Crippen LogP) is 1.08. The van der Waals surface area contributed by atoms with E-state index in [0.29, 0.717) is 18.3 Å². The van der Waals surface area contributed by atoms with Crippen molar-refractivity contribution in [2.45, 2.75) is 36.8 Å². The van der Waals surface area contributed by atoms with Gasteiger partial charge in [0, 0.05) is 12.3 Å². The van der Waals surface area contributed by atoms with Crippen molar-refractivity contribution < 1.29 is 14.6 Å². The Labute approximate surface area is 85.6 Å². The number of aliphatic hydroxyl groups is 1. The summed E-state index contributed by atoms with van der Waals surface area (Å²) in [6.45, 7) is 1.75. The lowest BCUT2D eigenvalue weighted by Gasteiger charge is -2.15. The molecular formula is C9H13BrO3. The van der Waals surface area contributed by atoms with Gasteiger partial charge in [-0.2, -0.15) is 0 Å². The molecule has 0 aromatic heterocycles. The topological polar surface area (TPSA) is 46.5 Å². The number of carbonyl (C=O) groups excluding carboxylic acids is 1. The molecule has 0 amide bonds. The van der Waals surface area contributed by atoms with Gasteiger partial charge in [-0.15, -0.1) is 0 Å². The zero-order valence-corrected chi connectivity index (χ0v) is 9.03. The van der Waals surface area contributed by atoms with E-state index in [0.717, 1.165) is 6.42 Å². The van der Waals surface area contributed by atoms with Gasteiger partial charge < -0.3 is 9.84 Å². The molecule has 5 atom stereocenters. The Balaban J connectivity index is 1.86. The minimum Gasteiger partial charge on any atom is -0.461 e. The third kappa shape index (κ3) is 1.74. The van der Waals surface area contributed by atoms with E-state index < -0.39 is 0 Å². The van der Waals surface area contributed by atoms with Crippen LogP contribution >= 0.6 is 15.9 Å². The Morgan fingerprint density at radius 2 is 2.23 bits per heavy atom. The van der Waals surface area contributed by atoms with E-state index >= 15 is 0 Å². The number of rotatable bonds is 2. The molecule has 1 N–H and O–H groups in total. The van der Waals surface area contributed by atoms with Crippen LogP contribution < -0.4 is 0 Å². The van der Waals surface area contributed by atoms with Crippen molar-refractivity contribution in [3.05, 3.63) is 0 Å². The fourth-order valence-corrected chi connectivity index (χ4v) is 2.18. The highest BCUT2D eigenvalue weighted by Crippen LogP contribution is 2.53. The minimum absolute atomic E-state index is 0.0347. The van der Waals surface area contributed by atoms with Crippen LogP contribution in [-0.4, -0.2) is 28.1 Å². The summed E-state index contributed by atoms with van der Waals surface area (Å²) in [7, 11) is 0. The zero-order valence-electron chi connectivity index (χ0n) is 7.44. The van der Waals surface area contributed by atoms with E-state index in [-0.39, 0.29) is 23.0 Å². The molecule has 0 spiro atoms. The lowest BCUT2D eigenvalue weighted by Crippen LogP contribution is -2.24. The number of esters is 1. The van der Waals surface area contributed by atoms with Gasteiger partial charge in [-0.3, -0.25) is 4.79 Å². The van der Waals surface area contributed by atoms with Gasteiger partial charge in [0.1, 0.15) is 10.9 Å². The van der Waals surface area contributed by atoms with Crippen molar-refractivity contribution in [1.82, 2.24) is 0 Å². The SMILES string of the molecule is C[C@@H](Br)C(=O)O[C@@H]1C[C@H](O)C2CC21. The summed E-state index contributed by atoms with van der Waals surface area (Å²) in [4.78, 5) is 11.0. The van der Waals surface area contributed by atoms with Crippen LogP contribution in [0.3, 0.4) is 0 Å². The zero-order chi connectivity index (χ0) is 9.59. The number of halogens is 1. The number of alkyl halides is 1. The van der Waals surface area contributed by atoms with Gasteiger partial charge in [0.15, 0.2) is 0 Å². The third-order valence-corrected chi connectivity index (χ3v) is 3.30. The second-order valence-electron chi connectivity index (χ2n) is 3.96. The highest BCUT2D eigenvalue weighted by molar-refractivity contribution is 9.10. The number of ether oxygens (including phenoxy) is 1. The van der Waals surface area contributed by atoms with E-state index in [1.165, 1.54) is 0 Å². The Morgan fingerprint density at radius 1 is 1.54 bits per heavy atom. The van der Waals surface area contributed by atoms with Gasteiger partial charge in [-0.05, 0) is 19.3 Å². The van der Waals surface area contributed by atoms with Crippen LogP contribution in [0.1, 0.15) is 19.8 Å². The first kappa shape index (κ1) is 9.46. The normalized spacial score (nSPS) is 43.9. The second-order valence-corrected chi connectivity index (χ2v) is 5.33. The summed E-state index contributed by atoms with van der Waals surface area (Å²) in [6.07, 6.45) is 1.37. The molecule has 0 heterocycles. The van der Waals surface area contributed by atoms with E-state index in [1.807, 2.05) is 0 Å². The molecule has 0 bridgehead atoms. The van der Waals surface area contributed by atoms with Crippen LogP contribution in [0.15, 0.2) is 0 Å². The smallest absolute Gasteiger partial charge is 0.319 e. The van der Waals surface area contributed by atoms with Crippen molar-refractivity contribution >= 4 is 21.9 Å². The summed E-state index contributed by atoms with van der Waals surface area (Å²) in [6, 6.07) is 0. The number of aliphatic hydroxyl groups excluding tert-OH is 1. The third-order valence-electron chi connectivity index (χ3n) is 2.93. The molecule has 0 radical (unpaired) electrons. The van der Waals surface area contributed by atoms with Gasteiger partial charge in [0.05, 0.1) is 6.10 Å². The predicted molar refractivity (Wildman–Crippen MR) is 50.5 cm³/mol. The van der Waals surface area contributed by atoms with Crippen LogP contribution in [-0.2, 0) is 9.53 Å². The van der Waals surface area contributed by atoms with Gasteiger partial charge in [-0.1, -0.05) is 15.9 Å². The van der Waals surface area contributed by atoms with Crippen LogP contribution in [0.5, 0.6) is 0 Å². The van der Waals surface area contributed by atoms with E-state index in [1.54, 1.807) is 6.92 Å². The summed E-state index contributed by atoms with van der Waals surface area (Å²) in [5.74, 6) is 0.624. The van der Waals surface area contributed by atoms with Crippen LogP contribution in [0.4, 0.5) is 0 Å². The Bertz CT molecular complexity index is 229. The highest BCUT2D eigenvalue weighted by atomic mass is 79.9. The molecule has 0 saturated heterocycles. The van der Waals surface area contributed by atoms with Gasteiger partial charge in [0.25, 0.3) is 0 Å². The monoisotopic (exact) mass is 248 g/mol. The first-order valence-electron chi connectivity index (χ1n) is 4.62. The number of fused-ring (bicyclic) bond motifs is 1. The molecule has 0 aromatic rings. The minimum atomic E-state index is -0.248. The Hall–Kier alpha value is -0.0900. The Kier molecular flexibility index (Phi) is 2.36. The number of hydrogen-bond acceptors (Lipinski definition) is 3. The second kappa shape index (κ2) is 3.24. The molecule has 3 nitrogen and oxygen atoms in total. The van der Waals surface area contributed by atoms with Crippen molar-refractivity contribution in [2.24, 2.45) is 11.8 Å². The van der Waals surface area contributed by atoms with Crippen molar-refractivity contribution in [3.63, 3.8) is 0 Å². The van der Waals surface area contributed by atoms with Gasteiger partial charge in [0.2, 0.25) is 0 Å². The molecule has 0 aliphatic heterocycles. The summed E-state index contributed by atoms with van der Waals surface area (Å²) in [5.41, 5.74) is 0. The van der Waals surface area contributed by atoms with Crippen LogP contribution in [0.2, 0.25) is 0 Å². The largest absolute Gasteiger partial charge is 0.461 e. The molecule has 0 aromatic carbocycles. The molecule has 74 valence electrons. The molecule has 2 aliphatic carbocycles. The van der Waals surface area contributed by atoms with E-state index in [2.05, 4.69) is 15.9 Å². The molecule has 2 fully saturated rings. The fourth-order valence-electron chi connectivity index (χ4n) is 2.07. The number of carbonyl (C=O) groups is 1. The lowest BCUT2D eigenvalue weighted by molar-refractivity contribution is -0.148. The molecule has 2 aliphatic rings. The first-order chi connectivity index (χ1) is 6.09. The maximum Gasteiger partial charge on any atom is 0.319 e. The number of hydrogen-bond donors (Lipinski definition) is 1. The molecule has 2 rings (SSSR count). The quantitative estimate of drug-likeness (QED) is 0.588. The molecule has 13 heavy (non-hydrogen) atoms. The average molecular weight is 249 g/mol. The highest BCUT2D eigenvalue weighted by Gasteiger charge is 2.55. The van der Waals surface area contributed by atoms with E-state index in [9.17, 15) is 9.90 Å². The molecule has 4 heteroatoms. The first-order valence-corrected chi connectivity index (χ1v) is 5.54. The van der Waals surface area contributed by atoms with Crippen molar-refractivity contribution in [2.75, 3.05) is 0 Å². The Morgan fingerprint density at radius 3 is 2.62 bits per heavy atom. The maximum absolute atomic E-state index is 11.2. The van der Waals surface area contributed by atoms with E-state index in [4.69, 9.17) is 4.74 Å². The summed E-state index contributed by atoms with van der Waals surface area (Å²) >= 11 is 3.16. The molecule has 2 unspecified atom stereocenters. The molecule has 2 saturated carbocycles. The average Bonchev–Trinajstić information content (AvgIpc) is 2.76. The lowest BCUT2D eigenvalue weighted by atomic mass is 10.2. The van der Waals surface area contributed by atoms with Crippen LogP contribution in [0, 0.1) is 11.8 Å².